The molecule has 1 amide bonds. The van der Waals surface area contributed by atoms with Gasteiger partial charge in [0.2, 0.25) is 0 Å². The number of hydrogen-bond donors (Lipinski definition) is 1. The predicted octanol–water partition coefficient (Wildman–Crippen LogP) is 3.59. The first-order chi connectivity index (χ1) is 16.0. The number of ether oxygens (including phenoxy) is 1. The molecule has 1 N–H and O–H groups in total. The van der Waals surface area contributed by atoms with Crippen LogP contribution in [0, 0.1) is 0 Å². The third-order valence-electron chi connectivity index (χ3n) is 5.98. The fourth-order valence-corrected chi connectivity index (χ4v) is 4.35. The van der Waals surface area contributed by atoms with E-state index in [1.54, 1.807) is 0 Å². The van der Waals surface area contributed by atoms with Crippen molar-refractivity contribution in [2.75, 3.05) is 50.1 Å². The number of Topliss-reactive ketones (excluding diaryl/α,β-unsaturated/α-hetero) is 1. The number of carbonyl (C=O) groups excluding carboxylic acids is 2. The van der Waals surface area contributed by atoms with E-state index in [2.05, 4.69) is 20.0 Å². The number of benzene rings is 2. The van der Waals surface area contributed by atoms with Gasteiger partial charge >= 0.3 is 0 Å². The van der Waals surface area contributed by atoms with Crippen molar-refractivity contribution < 1.29 is 14.3 Å². The number of rotatable bonds is 9. The maximum absolute atomic E-state index is 13.2. The second-order valence-electron chi connectivity index (χ2n) is 8.59. The zero-order valence-corrected chi connectivity index (χ0v) is 20.9. The molecule has 2 aromatic carbocycles. The summed E-state index contributed by atoms with van der Waals surface area (Å²) >= 11 is 0. The number of hydrogen-bond acceptors (Lipinski definition) is 6. The minimum atomic E-state index is -0.324. The molecule has 182 valence electrons. The third kappa shape index (κ3) is 5.37. The Morgan fingerprint density at radius 3 is 2.47 bits per heavy atom. The summed E-state index contributed by atoms with van der Waals surface area (Å²) < 4.78 is 5.77. The maximum atomic E-state index is 13.2. The van der Waals surface area contributed by atoms with Gasteiger partial charge in [-0.15, -0.1) is 12.4 Å². The van der Waals surface area contributed by atoms with Crippen molar-refractivity contribution in [3.8, 4) is 5.75 Å². The molecule has 0 spiro atoms. The predicted molar refractivity (Wildman–Crippen MR) is 138 cm³/mol. The average molecular weight is 485 g/mol. The van der Waals surface area contributed by atoms with E-state index in [1.165, 1.54) is 0 Å². The molecule has 34 heavy (non-hydrogen) atoms. The molecule has 4 rings (SSSR count). The molecule has 0 fully saturated rings. The summed E-state index contributed by atoms with van der Waals surface area (Å²) in [6, 6.07) is 15.8. The minimum Gasteiger partial charge on any atom is -0.494 e. The quantitative estimate of drug-likeness (QED) is 0.433. The largest absolute Gasteiger partial charge is 0.494 e. The molecule has 2 aromatic rings. The Morgan fingerprint density at radius 2 is 1.79 bits per heavy atom. The lowest BCUT2D eigenvalue weighted by Gasteiger charge is -2.30. The first-order valence-electron chi connectivity index (χ1n) is 11.6. The molecule has 7 nitrogen and oxygen atoms in total. The van der Waals surface area contributed by atoms with Crippen molar-refractivity contribution in [3.05, 3.63) is 65.5 Å². The highest BCUT2D eigenvalue weighted by Crippen LogP contribution is 2.44. The molecule has 2 heterocycles. The van der Waals surface area contributed by atoms with Gasteiger partial charge in [0.15, 0.2) is 5.78 Å². The Kier molecular flexibility index (Phi) is 8.58. The highest BCUT2D eigenvalue weighted by Gasteiger charge is 2.40. The van der Waals surface area contributed by atoms with Crippen LogP contribution in [-0.2, 0) is 16.1 Å². The molecule has 0 saturated heterocycles. The van der Waals surface area contributed by atoms with E-state index in [4.69, 9.17) is 4.74 Å². The van der Waals surface area contributed by atoms with Gasteiger partial charge in [0.1, 0.15) is 17.1 Å². The SMILES string of the molecule is CCN1C2=C(C(=O)NCc3ccc(OCCCN(C)C)cc3)C(=O)CCN2c2ccccc21.Cl. The number of amides is 1. The Balaban J connectivity index is 0.00000324. The summed E-state index contributed by atoms with van der Waals surface area (Å²) in [6.45, 7) is 5.31. The molecule has 0 bridgehead atoms. The van der Waals surface area contributed by atoms with E-state index in [-0.39, 0.29) is 29.7 Å². The van der Waals surface area contributed by atoms with Crippen LogP contribution in [0.4, 0.5) is 11.4 Å². The van der Waals surface area contributed by atoms with Gasteiger partial charge in [0, 0.05) is 32.6 Å². The van der Waals surface area contributed by atoms with Crippen molar-refractivity contribution in [2.45, 2.75) is 26.3 Å². The molecule has 0 atom stereocenters. The number of nitrogens with zero attached hydrogens (tertiary/aromatic N) is 3. The van der Waals surface area contributed by atoms with Crippen LogP contribution in [0.15, 0.2) is 59.9 Å². The van der Waals surface area contributed by atoms with Crippen LogP contribution >= 0.6 is 12.4 Å². The summed E-state index contributed by atoms with van der Waals surface area (Å²) in [6.07, 6.45) is 1.30. The van der Waals surface area contributed by atoms with Crippen LogP contribution in [0.5, 0.6) is 5.75 Å². The van der Waals surface area contributed by atoms with Crippen molar-refractivity contribution >= 4 is 35.5 Å². The van der Waals surface area contributed by atoms with Gasteiger partial charge in [-0.05, 0) is 57.3 Å². The van der Waals surface area contributed by atoms with Crippen molar-refractivity contribution in [1.29, 1.82) is 0 Å². The van der Waals surface area contributed by atoms with Crippen LogP contribution in [0.3, 0.4) is 0 Å². The van der Waals surface area contributed by atoms with Gasteiger partial charge in [-0.25, -0.2) is 0 Å². The Hall–Kier alpha value is -3.03. The Labute approximate surface area is 207 Å². The van der Waals surface area contributed by atoms with Crippen LogP contribution in [-0.4, -0.2) is 56.9 Å². The van der Waals surface area contributed by atoms with Crippen molar-refractivity contribution in [2.24, 2.45) is 0 Å². The lowest BCUT2D eigenvalue weighted by atomic mass is 10.0. The molecule has 0 aromatic heterocycles. The first kappa shape index (κ1) is 25.6. The van der Waals surface area contributed by atoms with Gasteiger partial charge < -0.3 is 24.8 Å². The Bertz CT molecular complexity index is 1040. The summed E-state index contributed by atoms with van der Waals surface area (Å²) in [5.41, 5.74) is 3.29. The van der Waals surface area contributed by atoms with Crippen molar-refractivity contribution in [1.82, 2.24) is 10.2 Å². The molecule has 0 aliphatic carbocycles. The zero-order valence-electron chi connectivity index (χ0n) is 20.0. The molecule has 8 heteroatoms. The summed E-state index contributed by atoms with van der Waals surface area (Å²) in [4.78, 5) is 32.3. The van der Waals surface area contributed by atoms with Gasteiger partial charge in [-0.1, -0.05) is 24.3 Å². The average Bonchev–Trinajstić information content (AvgIpc) is 3.14. The molecular formula is C26H33ClN4O3. The van der Waals surface area contributed by atoms with E-state index < -0.39 is 0 Å². The van der Waals surface area contributed by atoms with Gasteiger partial charge in [0.05, 0.1) is 18.0 Å². The maximum Gasteiger partial charge on any atom is 0.258 e. The number of ketones is 1. The highest BCUT2D eigenvalue weighted by atomic mass is 35.5. The number of carbonyl (C=O) groups is 2. The number of para-hydroxylation sites is 2. The summed E-state index contributed by atoms with van der Waals surface area (Å²) in [5.74, 6) is 1.09. The monoisotopic (exact) mass is 484 g/mol. The lowest BCUT2D eigenvalue weighted by molar-refractivity contribution is -0.123. The second kappa shape index (κ2) is 11.4. The van der Waals surface area contributed by atoms with Crippen LogP contribution in [0.25, 0.3) is 0 Å². The first-order valence-corrected chi connectivity index (χ1v) is 11.6. The van der Waals surface area contributed by atoms with E-state index in [0.717, 1.165) is 35.7 Å². The number of anilines is 2. The van der Waals surface area contributed by atoms with Gasteiger partial charge in [-0.2, -0.15) is 0 Å². The number of halogens is 1. The Morgan fingerprint density at radius 1 is 1.09 bits per heavy atom. The molecule has 0 radical (unpaired) electrons. The topological polar surface area (TPSA) is 65.1 Å². The zero-order chi connectivity index (χ0) is 23.4. The van der Waals surface area contributed by atoms with E-state index in [1.807, 2.05) is 69.6 Å². The number of nitrogens with one attached hydrogen (secondary N) is 1. The molecule has 0 saturated carbocycles. The lowest BCUT2D eigenvalue weighted by Crippen LogP contribution is -2.42. The molecule has 2 aliphatic rings. The fourth-order valence-electron chi connectivity index (χ4n) is 4.35. The van der Waals surface area contributed by atoms with Gasteiger partial charge in [0.25, 0.3) is 5.91 Å². The minimum absolute atomic E-state index is 0. The molecule has 0 unspecified atom stereocenters. The van der Waals surface area contributed by atoms with E-state index >= 15 is 0 Å². The smallest absolute Gasteiger partial charge is 0.258 e. The summed E-state index contributed by atoms with van der Waals surface area (Å²) in [5, 5.41) is 2.95. The van der Waals surface area contributed by atoms with Gasteiger partial charge in [-0.3, -0.25) is 9.59 Å². The second-order valence-corrected chi connectivity index (χ2v) is 8.59. The van der Waals surface area contributed by atoms with Crippen LogP contribution in [0.1, 0.15) is 25.3 Å². The van der Waals surface area contributed by atoms with E-state index in [0.29, 0.717) is 38.5 Å². The van der Waals surface area contributed by atoms with Crippen LogP contribution < -0.4 is 19.9 Å². The summed E-state index contributed by atoms with van der Waals surface area (Å²) in [7, 11) is 4.09. The molecule has 2 aliphatic heterocycles. The van der Waals surface area contributed by atoms with Crippen LogP contribution in [0.2, 0.25) is 0 Å². The normalized spacial score (nSPS) is 14.6. The number of fused-ring (bicyclic) bond motifs is 3. The third-order valence-corrected chi connectivity index (χ3v) is 5.98. The molecular weight excluding hydrogens is 452 g/mol. The standard InChI is InChI=1S/C26H32N4O3.ClH/c1-4-29-21-8-5-6-9-22(21)30-16-14-23(31)24(26(29)30)25(32)27-18-19-10-12-20(13-11-19)33-17-7-15-28(2)3;/h5-6,8-13H,4,7,14-18H2,1-3H3,(H,27,32);1H. The fraction of sp³-hybridized carbons (Fsp3) is 0.385. The van der Waals surface area contributed by atoms with E-state index in [9.17, 15) is 9.59 Å². The van der Waals surface area contributed by atoms with Crippen molar-refractivity contribution in [3.63, 3.8) is 0 Å². The highest BCUT2D eigenvalue weighted by molar-refractivity contribution is 6.22.